The molecule has 2 nitrogen and oxygen atoms in total. The molecule has 1 unspecified atom stereocenters. The fraction of sp³-hybridized carbons (Fsp3) is 0.619. The van der Waals surface area contributed by atoms with Crippen LogP contribution in [0.15, 0.2) is 23.8 Å². The molecule has 0 saturated heterocycles. The fourth-order valence-electron chi connectivity index (χ4n) is 4.39. The van der Waals surface area contributed by atoms with Crippen LogP contribution in [0.2, 0.25) is 0 Å². The van der Waals surface area contributed by atoms with Crippen molar-refractivity contribution in [2.24, 2.45) is 5.41 Å². The number of aryl methyl sites for hydroxylation is 1. The van der Waals surface area contributed by atoms with E-state index < -0.39 is 0 Å². The summed E-state index contributed by atoms with van der Waals surface area (Å²) in [5.41, 5.74) is 3.34. The van der Waals surface area contributed by atoms with Gasteiger partial charge in [0.15, 0.2) is 0 Å². The van der Waals surface area contributed by atoms with E-state index in [1.807, 2.05) is 6.07 Å². The van der Waals surface area contributed by atoms with Crippen molar-refractivity contribution in [3.63, 3.8) is 0 Å². The predicted octanol–water partition coefficient (Wildman–Crippen LogP) is 5.74. The van der Waals surface area contributed by atoms with Crippen molar-refractivity contribution >= 4 is 0 Å². The fourth-order valence-corrected chi connectivity index (χ4v) is 4.39. The third-order valence-electron chi connectivity index (χ3n) is 6.08. The van der Waals surface area contributed by atoms with Gasteiger partial charge in [0.05, 0.1) is 0 Å². The van der Waals surface area contributed by atoms with Gasteiger partial charge in [0.1, 0.15) is 17.1 Å². The quantitative estimate of drug-likeness (QED) is 0.567. The summed E-state index contributed by atoms with van der Waals surface area (Å²) in [5.74, 6) is 1.53. The van der Waals surface area contributed by atoms with Crippen molar-refractivity contribution in [1.29, 1.82) is 0 Å². The molecule has 1 aromatic rings. The van der Waals surface area contributed by atoms with Crippen molar-refractivity contribution in [2.75, 3.05) is 0 Å². The van der Waals surface area contributed by atoms with E-state index in [2.05, 4.69) is 46.8 Å². The first-order valence-corrected chi connectivity index (χ1v) is 9.00. The van der Waals surface area contributed by atoms with Crippen molar-refractivity contribution in [2.45, 2.75) is 78.2 Å². The van der Waals surface area contributed by atoms with Crippen LogP contribution < -0.4 is 4.74 Å². The lowest BCUT2D eigenvalue weighted by atomic mass is 9.63. The maximum absolute atomic E-state index is 10.7. The van der Waals surface area contributed by atoms with Gasteiger partial charge >= 0.3 is 0 Å². The highest BCUT2D eigenvalue weighted by Gasteiger charge is 2.55. The Labute approximate surface area is 140 Å². The Balaban J connectivity index is 2.02. The Morgan fingerprint density at radius 3 is 2.65 bits per heavy atom. The van der Waals surface area contributed by atoms with Crippen LogP contribution in [-0.4, -0.2) is 10.7 Å². The largest absolute Gasteiger partial charge is 0.507 e. The van der Waals surface area contributed by atoms with Gasteiger partial charge < -0.3 is 9.84 Å². The van der Waals surface area contributed by atoms with Gasteiger partial charge in [-0.25, -0.2) is 0 Å². The lowest BCUT2D eigenvalue weighted by Gasteiger charge is -2.50. The minimum absolute atomic E-state index is 0.00525. The number of phenolic OH excluding ortho intramolecular Hbond substituents is 1. The number of benzene rings is 1. The highest BCUT2D eigenvalue weighted by molar-refractivity contribution is 5.55. The lowest BCUT2D eigenvalue weighted by Crippen LogP contribution is -2.51. The molecule has 1 aromatic carbocycles. The molecule has 0 aromatic heterocycles. The topological polar surface area (TPSA) is 29.5 Å². The number of ether oxygens (including phenoxy) is 1. The second kappa shape index (κ2) is 5.58. The highest BCUT2D eigenvalue weighted by atomic mass is 16.5. The van der Waals surface area contributed by atoms with Crippen molar-refractivity contribution in [3.05, 3.63) is 34.9 Å². The van der Waals surface area contributed by atoms with E-state index >= 15 is 0 Å². The number of phenols is 1. The summed E-state index contributed by atoms with van der Waals surface area (Å²) in [6.45, 7) is 11.1. The zero-order chi connectivity index (χ0) is 16.8. The first kappa shape index (κ1) is 16.4. The van der Waals surface area contributed by atoms with E-state index in [9.17, 15) is 5.11 Å². The summed E-state index contributed by atoms with van der Waals surface area (Å²) < 4.78 is 6.42. The number of fused-ring (bicyclic) bond motifs is 3. The smallest absolute Gasteiger partial charge is 0.127 e. The number of unbranched alkanes of at least 4 members (excludes halogenated alkanes) is 2. The van der Waals surface area contributed by atoms with Gasteiger partial charge in [-0.1, -0.05) is 38.3 Å². The van der Waals surface area contributed by atoms with Gasteiger partial charge in [-0.15, -0.1) is 0 Å². The molecule has 0 radical (unpaired) electrons. The summed E-state index contributed by atoms with van der Waals surface area (Å²) in [7, 11) is 0. The molecule has 1 N–H and O–H groups in total. The molecule has 1 aliphatic heterocycles. The Morgan fingerprint density at radius 2 is 1.96 bits per heavy atom. The summed E-state index contributed by atoms with van der Waals surface area (Å²) in [5, 5.41) is 10.7. The molecular formula is C21H30O2. The van der Waals surface area contributed by atoms with Crippen LogP contribution >= 0.6 is 0 Å². The van der Waals surface area contributed by atoms with Crippen LogP contribution in [0.3, 0.4) is 0 Å². The molecule has 2 atom stereocenters. The third kappa shape index (κ3) is 2.56. The van der Waals surface area contributed by atoms with Crippen LogP contribution in [-0.2, 0) is 6.42 Å². The molecule has 0 amide bonds. The number of allylic oxidation sites excluding steroid dienone is 2. The average Bonchev–Trinajstić information content (AvgIpc) is 2.75. The average molecular weight is 314 g/mol. The second-order valence-corrected chi connectivity index (χ2v) is 8.18. The SMILES string of the molecule is CCCCCc1cc(O)c2c(c1)OC(C)(C)[C@@]1(C)CC(C)=CC21. The van der Waals surface area contributed by atoms with Gasteiger partial charge in [0.25, 0.3) is 0 Å². The maximum Gasteiger partial charge on any atom is 0.127 e. The molecule has 2 heteroatoms. The molecule has 0 spiro atoms. The summed E-state index contributed by atoms with van der Waals surface area (Å²) >= 11 is 0. The monoisotopic (exact) mass is 314 g/mol. The Morgan fingerprint density at radius 1 is 1.22 bits per heavy atom. The number of aromatic hydroxyl groups is 1. The zero-order valence-electron chi connectivity index (χ0n) is 15.2. The summed E-state index contributed by atoms with van der Waals surface area (Å²) in [4.78, 5) is 0. The van der Waals surface area contributed by atoms with Gasteiger partial charge in [-0.05, 0) is 57.7 Å². The number of rotatable bonds is 4. The van der Waals surface area contributed by atoms with Gasteiger partial charge in [-0.2, -0.15) is 0 Å². The summed E-state index contributed by atoms with van der Waals surface area (Å²) in [6.07, 6.45) is 7.98. The van der Waals surface area contributed by atoms with Crippen molar-refractivity contribution < 1.29 is 9.84 Å². The van der Waals surface area contributed by atoms with Gasteiger partial charge in [0.2, 0.25) is 0 Å². The van der Waals surface area contributed by atoms with Crippen LogP contribution in [0, 0.1) is 5.41 Å². The molecule has 3 rings (SSSR count). The van der Waals surface area contributed by atoms with Crippen LogP contribution in [0.5, 0.6) is 11.5 Å². The molecule has 1 heterocycles. The Hall–Kier alpha value is -1.44. The zero-order valence-corrected chi connectivity index (χ0v) is 15.2. The van der Waals surface area contributed by atoms with E-state index in [1.165, 1.54) is 24.0 Å². The number of hydrogen-bond donors (Lipinski definition) is 1. The van der Waals surface area contributed by atoms with Crippen LogP contribution in [0.4, 0.5) is 0 Å². The van der Waals surface area contributed by atoms with E-state index in [0.29, 0.717) is 5.75 Å². The van der Waals surface area contributed by atoms with Gasteiger partial charge in [0, 0.05) is 16.9 Å². The van der Waals surface area contributed by atoms with E-state index in [0.717, 1.165) is 30.6 Å². The predicted molar refractivity (Wildman–Crippen MR) is 95.3 cm³/mol. The van der Waals surface area contributed by atoms with E-state index in [4.69, 9.17) is 4.74 Å². The number of hydrogen-bond acceptors (Lipinski definition) is 2. The van der Waals surface area contributed by atoms with Gasteiger partial charge in [-0.3, -0.25) is 0 Å². The van der Waals surface area contributed by atoms with E-state index in [-0.39, 0.29) is 16.9 Å². The van der Waals surface area contributed by atoms with Crippen molar-refractivity contribution in [1.82, 2.24) is 0 Å². The Bertz CT molecular complexity index is 641. The molecule has 0 bridgehead atoms. The molecule has 2 aliphatic rings. The molecule has 1 aliphatic carbocycles. The summed E-state index contributed by atoms with van der Waals surface area (Å²) in [6, 6.07) is 4.12. The molecule has 23 heavy (non-hydrogen) atoms. The van der Waals surface area contributed by atoms with Crippen LogP contribution in [0.1, 0.15) is 77.3 Å². The Kier molecular flexibility index (Phi) is 3.98. The maximum atomic E-state index is 10.7. The highest BCUT2D eigenvalue weighted by Crippen LogP contribution is 2.61. The molecular weight excluding hydrogens is 284 g/mol. The molecule has 126 valence electrons. The lowest BCUT2D eigenvalue weighted by molar-refractivity contribution is -0.0434. The van der Waals surface area contributed by atoms with E-state index in [1.54, 1.807) is 0 Å². The molecule has 0 fully saturated rings. The normalized spacial score (nSPS) is 27.9. The minimum Gasteiger partial charge on any atom is -0.507 e. The van der Waals surface area contributed by atoms with Crippen molar-refractivity contribution in [3.8, 4) is 11.5 Å². The standard InChI is InChI=1S/C21H30O2/c1-6-7-8-9-15-11-17(22)19-16-10-14(2)13-21(16,5)20(3,4)23-18(19)12-15/h10-12,16,22H,6-9,13H2,1-5H3/t16?,21-/m0/s1. The van der Waals surface area contributed by atoms with Crippen LogP contribution in [0.25, 0.3) is 0 Å². The third-order valence-corrected chi connectivity index (χ3v) is 6.08. The first-order valence-electron chi connectivity index (χ1n) is 9.00. The second-order valence-electron chi connectivity index (χ2n) is 8.18. The molecule has 0 saturated carbocycles. The minimum atomic E-state index is -0.243. The first-order chi connectivity index (χ1) is 10.8.